The number of nitrogens with one attached hydrogen (secondary N) is 1. The third-order valence-electron chi connectivity index (χ3n) is 3.09. The molecule has 4 nitrogen and oxygen atoms in total. The number of amides is 1. The fourth-order valence-corrected chi connectivity index (χ4v) is 2.18. The van der Waals surface area contributed by atoms with Crippen LogP contribution in [-0.2, 0) is 4.74 Å². The largest absolute Gasteiger partial charge is 0.444 e. The molecule has 0 aromatic carbocycles. The van der Waals surface area contributed by atoms with Gasteiger partial charge >= 0.3 is 6.09 Å². The van der Waals surface area contributed by atoms with Gasteiger partial charge in [-0.2, -0.15) is 0 Å². The molecule has 0 aliphatic carbocycles. The third kappa shape index (κ3) is 5.25. The fourth-order valence-electron chi connectivity index (χ4n) is 2.18. The number of hydrogen-bond acceptors (Lipinski definition) is 3. The van der Waals surface area contributed by atoms with E-state index < -0.39 is 5.60 Å². The first-order valence-corrected chi connectivity index (χ1v) is 6.82. The molecule has 1 rings (SSSR count). The molecule has 0 aromatic rings. The predicted octanol–water partition coefficient (Wildman–Crippen LogP) is 2.77. The van der Waals surface area contributed by atoms with Crippen molar-refractivity contribution in [1.29, 1.82) is 0 Å². The Bertz CT molecular complexity index is 289. The van der Waals surface area contributed by atoms with Gasteiger partial charge in [0.2, 0.25) is 0 Å². The van der Waals surface area contributed by atoms with E-state index >= 15 is 0 Å². The minimum Gasteiger partial charge on any atom is -0.444 e. The minimum atomic E-state index is -0.428. The number of nitrogens with zero attached hydrogens (tertiary/aromatic N) is 1. The van der Waals surface area contributed by atoms with Gasteiger partial charge in [-0.3, -0.25) is 4.90 Å². The average Bonchev–Trinajstić information content (AvgIpc) is 2.13. The molecule has 0 spiro atoms. The number of alkyl carbamates (subject to hydrolysis) is 1. The van der Waals surface area contributed by atoms with Gasteiger partial charge < -0.3 is 10.1 Å². The van der Waals surface area contributed by atoms with Crippen molar-refractivity contribution in [2.75, 3.05) is 13.1 Å². The Labute approximate surface area is 111 Å². The molecule has 1 aliphatic heterocycles. The molecule has 1 amide bonds. The maximum Gasteiger partial charge on any atom is 0.407 e. The molecule has 4 heteroatoms. The fraction of sp³-hybridized carbons (Fsp3) is 0.929. The second-order valence-corrected chi connectivity index (χ2v) is 7.10. The lowest BCUT2D eigenvalue weighted by atomic mass is 9.98. The van der Waals surface area contributed by atoms with Gasteiger partial charge in [0.1, 0.15) is 5.60 Å². The second-order valence-electron chi connectivity index (χ2n) is 7.10. The van der Waals surface area contributed by atoms with Gasteiger partial charge in [0, 0.05) is 18.1 Å². The van der Waals surface area contributed by atoms with Crippen molar-refractivity contribution in [3.63, 3.8) is 0 Å². The lowest BCUT2D eigenvalue weighted by molar-refractivity contribution is 0.0416. The van der Waals surface area contributed by atoms with Crippen LogP contribution in [0.1, 0.15) is 54.4 Å². The summed E-state index contributed by atoms with van der Waals surface area (Å²) in [4.78, 5) is 14.1. The Morgan fingerprint density at radius 2 is 1.83 bits per heavy atom. The van der Waals surface area contributed by atoms with E-state index in [0.717, 1.165) is 25.9 Å². The van der Waals surface area contributed by atoms with Crippen molar-refractivity contribution >= 4 is 6.09 Å². The summed E-state index contributed by atoms with van der Waals surface area (Å²) in [7, 11) is 0. The average molecular weight is 256 g/mol. The highest BCUT2D eigenvalue weighted by Gasteiger charge is 2.29. The van der Waals surface area contributed by atoms with Crippen LogP contribution in [0.3, 0.4) is 0 Å². The summed E-state index contributed by atoms with van der Waals surface area (Å²) >= 11 is 0. The van der Waals surface area contributed by atoms with Crippen LogP contribution in [0, 0.1) is 0 Å². The number of piperidine rings is 1. The Hall–Kier alpha value is -0.770. The van der Waals surface area contributed by atoms with Crippen LogP contribution in [-0.4, -0.2) is 41.3 Å². The summed E-state index contributed by atoms with van der Waals surface area (Å²) in [6, 6.07) is 0.202. The highest BCUT2D eigenvalue weighted by atomic mass is 16.6. The van der Waals surface area contributed by atoms with E-state index in [-0.39, 0.29) is 17.7 Å². The number of hydrogen-bond donors (Lipinski definition) is 1. The van der Waals surface area contributed by atoms with Crippen molar-refractivity contribution in [2.45, 2.75) is 71.6 Å². The number of carbonyl (C=O) groups is 1. The molecule has 0 bridgehead atoms. The first-order valence-electron chi connectivity index (χ1n) is 6.82. The Kier molecular flexibility index (Phi) is 4.65. The summed E-state index contributed by atoms with van der Waals surface area (Å²) in [5, 5.41) is 2.97. The van der Waals surface area contributed by atoms with Crippen LogP contribution in [0.15, 0.2) is 0 Å². The molecule has 0 radical (unpaired) electrons. The first kappa shape index (κ1) is 15.3. The second kappa shape index (κ2) is 5.47. The smallest absolute Gasteiger partial charge is 0.407 e. The van der Waals surface area contributed by atoms with E-state index in [1.54, 1.807) is 0 Å². The van der Waals surface area contributed by atoms with Crippen LogP contribution in [0.4, 0.5) is 4.79 Å². The monoisotopic (exact) mass is 256 g/mol. The van der Waals surface area contributed by atoms with Gasteiger partial charge in [0.15, 0.2) is 0 Å². The number of rotatable bonds is 1. The van der Waals surface area contributed by atoms with Crippen molar-refractivity contribution < 1.29 is 9.53 Å². The topological polar surface area (TPSA) is 41.6 Å². The first-order chi connectivity index (χ1) is 8.08. The molecule has 0 aromatic heterocycles. The normalized spacial score (nSPS) is 22.7. The van der Waals surface area contributed by atoms with Gasteiger partial charge in [-0.25, -0.2) is 4.79 Å². The lowest BCUT2D eigenvalue weighted by Crippen LogP contribution is -2.54. The molecule has 0 unspecified atom stereocenters. The van der Waals surface area contributed by atoms with Gasteiger partial charge in [-0.15, -0.1) is 0 Å². The molecular formula is C14H28N2O2. The molecule has 1 heterocycles. The Balaban J connectivity index is 2.46. The van der Waals surface area contributed by atoms with E-state index in [2.05, 4.69) is 31.0 Å². The summed E-state index contributed by atoms with van der Waals surface area (Å²) in [6.45, 7) is 14.3. The molecule has 18 heavy (non-hydrogen) atoms. The van der Waals surface area contributed by atoms with Gasteiger partial charge in [-0.05, 0) is 60.9 Å². The maximum atomic E-state index is 11.7. The van der Waals surface area contributed by atoms with Crippen LogP contribution in [0.2, 0.25) is 0 Å². The molecule has 0 saturated carbocycles. The van der Waals surface area contributed by atoms with E-state index in [4.69, 9.17) is 4.74 Å². The van der Waals surface area contributed by atoms with Crippen molar-refractivity contribution in [3.05, 3.63) is 0 Å². The van der Waals surface area contributed by atoms with Gasteiger partial charge in [0.25, 0.3) is 0 Å². The van der Waals surface area contributed by atoms with Gasteiger partial charge in [0.05, 0.1) is 0 Å². The number of carbonyl (C=O) groups excluding carboxylic acids is 1. The zero-order chi connectivity index (χ0) is 14.0. The third-order valence-corrected chi connectivity index (χ3v) is 3.09. The number of likely N-dealkylation sites (tertiary alicyclic amines) is 1. The van der Waals surface area contributed by atoms with E-state index in [0.29, 0.717) is 0 Å². The lowest BCUT2D eigenvalue weighted by Gasteiger charge is -2.41. The van der Waals surface area contributed by atoms with Crippen LogP contribution >= 0.6 is 0 Å². The Morgan fingerprint density at radius 3 is 2.33 bits per heavy atom. The highest BCUT2D eigenvalue weighted by Crippen LogP contribution is 2.20. The quantitative estimate of drug-likeness (QED) is 0.784. The van der Waals surface area contributed by atoms with Crippen molar-refractivity contribution in [1.82, 2.24) is 10.2 Å². The highest BCUT2D eigenvalue weighted by molar-refractivity contribution is 5.68. The molecule has 1 aliphatic rings. The predicted molar refractivity (Wildman–Crippen MR) is 73.7 cm³/mol. The molecule has 106 valence electrons. The number of ether oxygens (including phenoxy) is 1. The molecule has 1 N–H and O–H groups in total. The van der Waals surface area contributed by atoms with E-state index in [1.165, 1.54) is 0 Å². The zero-order valence-electron chi connectivity index (χ0n) is 12.7. The molecular weight excluding hydrogens is 228 g/mol. The van der Waals surface area contributed by atoms with Crippen LogP contribution < -0.4 is 5.32 Å². The van der Waals surface area contributed by atoms with Crippen LogP contribution in [0.5, 0.6) is 0 Å². The minimum absolute atomic E-state index is 0.161. The summed E-state index contributed by atoms with van der Waals surface area (Å²) < 4.78 is 5.29. The molecule has 1 fully saturated rings. The Morgan fingerprint density at radius 1 is 1.22 bits per heavy atom. The maximum absolute atomic E-state index is 11.7. The van der Waals surface area contributed by atoms with Crippen molar-refractivity contribution in [2.24, 2.45) is 0 Å². The molecule has 1 atom stereocenters. The zero-order valence-corrected chi connectivity index (χ0v) is 12.7. The summed E-state index contributed by atoms with van der Waals surface area (Å²) in [5.41, 5.74) is -0.267. The SMILES string of the molecule is CC(C)(C)OC(=O)N[C@@H]1CCCN(C(C)(C)C)C1. The van der Waals surface area contributed by atoms with Gasteiger partial charge in [-0.1, -0.05) is 0 Å². The molecule has 1 saturated heterocycles. The van der Waals surface area contributed by atoms with Crippen LogP contribution in [0.25, 0.3) is 0 Å². The standard InChI is InChI=1S/C14H28N2O2/c1-13(2,3)16-9-7-8-11(10-16)15-12(17)18-14(4,5)6/h11H,7-10H2,1-6H3,(H,15,17)/t11-/m1/s1. The summed E-state index contributed by atoms with van der Waals surface area (Å²) in [5.74, 6) is 0. The summed E-state index contributed by atoms with van der Waals surface area (Å²) in [6.07, 6.45) is 1.85. The van der Waals surface area contributed by atoms with Crippen molar-refractivity contribution in [3.8, 4) is 0 Å². The van der Waals surface area contributed by atoms with E-state index in [1.807, 2.05) is 20.8 Å². The van der Waals surface area contributed by atoms with E-state index in [9.17, 15) is 4.79 Å².